The molecule has 0 amide bonds. The number of nitrogens with one attached hydrogen (secondary N) is 1. The van der Waals surface area contributed by atoms with Crippen LogP contribution in [0.2, 0.25) is 0 Å². The first-order valence-corrected chi connectivity index (χ1v) is 6.40. The fourth-order valence-corrected chi connectivity index (χ4v) is 2.08. The Morgan fingerprint density at radius 2 is 2.00 bits per heavy atom. The summed E-state index contributed by atoms with van der Waals surface area (Å²) in [4.78, 5) is 4.09. The van der Waals surface area contributed by atoms with Gasteiger partial charge in [0, 0.05) is 18.4 Å². The topological polar surface area (TPSA) is 24.9 Å². The van der Waals surface area contributed by atoms with E-state index < -0.39 is 0 Å². The van der Waals surface area contributed by atoms with E-state index in [0.717, 1.165) is 18.4 Å². The van der Waals surface area contributed by atoms with Crippen molar-refractivity contribution >= 4 is 0 Å². The van der Waals surface area contributed by atoms with E-state index in [-0.39, 0.29) is 0 Å². The highest BCUT2D eigenvalue weighted by molar-refractivity contribution is 5.17. The molecule has 2 heteroatoms. The Bertz CT molecular complexity index is 304. The summed E-state index contributed by atoms with van der Waals surface area (Å²) in [5.74, 6) is 1.64. The van der Waals surface area contributed by atoms with Crippen LogP contribution in [0, 0.1) is 11.8 Å². The van der Waals surface area contributed by atoms with Crippen molar-refractivity contribution in [3.8, 4) is 0 Å². The zero-order chi connectivity index (χ0) is 11.4. The third-order valence-electron chi connectivity index (χ3n) is 3.24. The van der Waals surface area contributed by atoms with Crippen LogP contribution in [0.4, 0.5) is 0 Å². The summed E-state index contributed by atoms with van der Waals surface area (Å²) in [5.41, 5.74) is 1.40. The molecule has 1 N–H and O–H groups in total. The molecule has 2 rings (SSSR count). The molecule has 1 aliphatic rings. The fraction of sp³-hybridized carbons (Fsp3) is 0.643. The number of pyridine rings is 1. The van der Waals surface area contributed by atoms with Crippen molar-refractivity contribution in [1.29, 1.82) is 0 Å². The molecule has 1 heterocycles. The predicted octanol–water partition coefficient (Wildman–Crippen LogP) is 3.17. The molecule has 0 spiro atoms. The van der Waals surface area contributed by atoms with Crippen LogP contribution in [-0.4, -0.2) is 11.5 Å². The summed E-state index contributed by atoms with van der Waals surface area (Å²) in [5, 5.41) is 3.70. The predicted molar refractivity (Wildman–Crippen MR) is 67.2 cm³/mol. The van der Waals surface area contributed by atoms with E-state index >= 15 is 0 Å². The normalized spacial score (nSPS) is 17.7. The van der Waals surface area contributed by atoms with Gasteiger partial charge in [-0.1, -0.05) is 13.8 Å². The van der Waals surface area contributed by atoms with Crippen molar-refractivity contribution in [3.05, 3.63) is 30.1 Å². The average molecular weight is 218 g/mol. The fourth-order valence-electron chi connectivity index (χ4n) is 2.08. The highest BCUT2D eigenvalue weighted by Crippen LogP contribution is 2.40. The van der Waals surface area contributed by atoms with Gasteiger partial charge in [-0.2, -0.15) is 0 Å². The maximum absolute atomic E-state index is 4.09. The van der Waals surface area contributed by atoms with Crippen LogP contribution in [0.15, 0.2) is 24.5 Å². The molecule has 1 unspecified atom stereocenters. The number of nitrogens with zero attached hydrogens (tertiary/aromatic N) is 1. The van der Waals surface area contributed by atoms with Crippen LogP contribution >= 0.6 is 0 Å². The lowest BCUT2D eigenvalue weighted by molar-refractivity contribution is 0.445. The lowest BCUT2D eigenvalue weighted by Crippen LogP contribution is -2.25. The van der Waals surface area contributed by atoms with Gasteiger partial charge < -0.3 is 5.32 Å². The van der Waals surface area contributed by atoms with Crippen molar-refractivity contribution in [2.45, 2.75) is 39.2 Å². The van der Waals surface area contributed by atoms with Crippen molar-refractivity contribution in [2.75, 3.05) is 6.54 Å². The van der Waals surface area contributed by atoms with E-state index in [1.54, 1.807) is 0 Å². The quantitative estimate of drug-likeness (QED) is 0.793. The minimum atomic E-state index is 0.557. The summed E-state index contributed by atoms with van der Waals surface area (Å²) in [6, 6.07) is 4.85. The molecule has 2 nitrogen and oxygen atoms in total. The van der Waals surface area contributed by atoms with Gasteiger partial charge in [-0.3, -0.25) is 4.98 Å². The van der Waals surface area contributed by atoms with Crippen LogP contribution < -0.4 is 5.32 Å². The van der Waals surface area contributed by atoms with Crippen molar-refractivity contribution < 1.29 is 0 Å². The Labute approximate surface area is 98.5 Å². The standard InChI is InChI=1S/C14H22N2/c1-11(2)5-10-16-14(12-3-4-12)13-6-8-15-9-7-13/h6-9,11-12,14,16H,3-5,10H2,1-2H3. The summed E-state index contributed by atoms with van der Waals surface area (Å²) < 4.78 is 0. The number of aromatic nitrogens is 1. The number of hydrogen-bond donors (Lipinski definition) is 1. The number of rotatable bonds is 6. The second-order valence-corrected chi connectivity index (χ2v) is 5.23. The van der Waals surface area contributed by atoms with E-state index in [1.165, 1.54) is 24.8 Å². The molecule has 1 aromatic rings. The van der Waals surface area contributed by atoms with Gasteiger partial charge in [0.05, 0.1) is 0 Å². The van der Waals surface area contributed by atoms with Crippen LogP contribution in [0.25, 0.3) is 0 Å². The van der Waals surface area contributed by atoms with Gasteiger partial charge in [-0.05, 0) is 55.3 Å². The Hall–Kier alpha value is -0.890. The Morgan fingerprint density at radius 1 is 1.31 bits per heavy atom. The highest BCUT2D eigenvalue weighted by atomic mass is 14.9. The molecule has 88 valence electrons. The van der Waals surface area contributed by atoms with E-state index in [1.807, 2.05) is 12.4 Å². The molecular formula is C14H22N2. The summed E-state index contributed by atoms with van der Waals surface area (Å²) in [6.45, 7) is 5.68. The minimum Gasteiger partial charge on any atom is -0.310 e. The first kappa shape index (κ1) is 11.6. The first-order chi connectivity index (χ1) is 7.77. The van der Waals surface area contributed by atoms with Gasteiger partial charge >= 0.3 is 0 Å². The largest absolute Gasteiger partial charge is 0.310 e. The zero-order valence-corrected chi connectivity index (χ0v) is 10.3. The molecule has 1 atom stereocenters. The third kappa shape index (κ3) is 3.31. The second kappa shape index (κ2) is 5.44. The summed E-state index contributed by atoms with van der Waals surface area (Å²) in [7, 11) is 0. The summed E-state index contributed by atoms with van der Waals surface area (Å²) in [6.07, 6.45) is 7.81. The molecule has 0 aromatic carbocycles. The molecular weight excluding hydrogens is 196 g/mol. The maximum atomic E-state index is 4.09. The van der Waals surface area contributed by atoms with Gasteiger partial charge in [0.25, 0.3) is 0 Å². The first-order valence-electron chi connectivity index (χ1n) is 6.40. The van der Waals surface area contributed by atoms with Gasteiger partial charge in [-0.15, -0.1) is 0 Å². The Kier molecular flexibility index (Phi) is 3.94. The summed E-state index contributed by atoms with van der Waals surface area (Å²) >= 11 is 0. The van der Waals surface area contributed by atoms with E-state index in [0.29, 0.717) is 6.04 Å². The molecule has 0 radical (unpaired) electrons. The third-order valence-corrected chi connectivity index (χ3v) is 3.24. The Morgan fingerprint density at radius 3 is 2.56 bits per heavy atom. The molecule has 1 aliphatic carbocycles. The van der Waals surface area contributed by atoms with Crippen LogP contribution in [-0.2, 0) is 0 Å². The van der Waals surface area contributed by atoms with Crippen LogP contribution in [0.1, 0.15) is 44.7 Å². The van der Waals surface area contributed by atoms with Crippen molar-refractivity contribution in [2.24, 2.45) is 11.8 Å². The van der Waals surface area contributed by atoms with Gasteiger partial charge in [0.2, 0.25) is 0 Å². The molecule has 1 aromatic heterocycles. The minimum absolute atomic E-state index is 0.557. The number of hydrogen-bond acceptors (Lipinski definition) is 2. The molecule has 0 bridgehead atoms. The molecule has 1 fully saturated rings. The second-order valence-electron chi connectivity index (χ2n) is 5.23. The molecule has 0 aliphatic heterocycles. The van der Waals surface area contributed by atoms with Crippen LogP contribution in [0.3, 0.4) is 0 Å². The lowest BCUT2D eigenvalue weighted by Gasteiger charge is -2.19. The van der Waals surface area contributed by atoms with E-state index in [2.05, 4.69) is 36.3 Å². The van der Waals surface area contributed by atoms with Gasteiger partial charge in [-0.25, -0.2) is 0 Å². The zero-order valence-electron chi connectivity index (χ0n) is 10.3. The lowest BCUT2D eigenvalue weighted by atomic mass is 10.0. The molecule has 16 heavy (non-hydrogen) atoms. The monoisotopic (exact) mass is 218 g/mol. The highest BCUT2D eigenvalue weighted by Gasteiger charge is 2.31. The smallest absolute Gasteiger partial charge is 0.0349 e. The molecule has 1 saturated carbocycles. The van der Waals surface area contributed by atoms with Gasteiger partial charge in [0.15, 0.2) is 0 Å². The Balaban J connectivity index is 1.90. The van der Waals surface area contributed by atoms with Gasteiger partial charge in [0.1, 0.15) is 0 Å². The van der Waals surface area contributed by atoms with E-state index in [4.69, 9.17) is 0 Å². The van der Waals surface area contributed by atoms with E-state index in [9.17, 15) is 0 Å². The SMILES string of the molecule is CC(C)CCNC(c1ccncc1)C1CC1. The molecule has 0 saturated heterocycles. The van der Waals surface area contributed by atoms with Crippen molar-refractivity contribution in [1.82, 2.24) is 10.3 Å². The van der Waals surface area contributed by atoms with Crippen LogP contribution in [0.5, 0.6) is 0 Å². The maximum Gasteiger partial charge on any atom is 0.0349 e. The average Bonchev–Trinajstić information content (AvgIpc) is 3.09. The van der Waals surface area contributed by atoms with Crippen molar-refractivity contribution in [3.63, 3.8) is 0 Å².